The summed E-state index contributed by atoms with van der Waals surface area (Å²) in [6, 6.07) is 13.6. The van der Waals surface area contributed by atoms with Crippen LogP contribution in [0.25, 0.3) is 0 Å². The summed E-state index contributed by atoms with van der Waals surface area (Å²) < 4.78 is 32.1. The average Bonchev–Trinajstić information content (AvgIpc) is 2.78. The van der Waals surface area contributed by atoms with E-state index in [1.165, 1.54) is 4.90 Å². The van der Waals surface area contributed by atoms with Crippen molar-refractivity contribution in [1.29, 1.82) is 0 Å². The molecule has 0 aliphatic rings. The zero-order valence-corrected chi connectivity index (χ0v) is 21.4. The van der Waals surface area contributed by atoms with E-state index in [4.69, 9.17) is 4.74 Å². The number of anilines is 1. The number of carbonyl (C=O) groups excluding carboxylic acids is 2. The van der Waals surface area contributed by atoms with Crippen molar-refractivity contribution >= 4 is 27.5 Å². The number of hydrogen-bond acceptors (Lipinski definition) is 5. The Hall–Kier alpha value is -3.07. The number of carbonyl (C=O) groups is 2. The molecule has 1 N–H and O–H groups in total. The minimum absolute atomic E-state index is 0.180. The maximum atomic E-state index is 13.6. The minimum Gasteiger partial charge on any atom is -0.492 e. The van der Waals surface area contributed by atoms with E-state index in [0.717, 1.165) is 21.7 Å². The number of aryl methyl sites for hydroxylation is 1. The molecule has 0 aliphatic heterocycles. The number of nitrogens with one attached hydrogen (secondary N) is 1. The van der Waals surface area contributed by atoms with E-state index in [1.54, 1.807) is 31.2 Å². The maximum absolute atomic E-state index is 13.6. The number of amides is 2. The van der Waals surface area contributed by atoms with E-state index >= 15 is 0 Å². The monoisotopic (exact) mass is 489 g/mol. The second kappa shape index (κ2) is 12.4. The van der Waals surface area contributed by atoms with Crippen molar-refractivity contribution in [3.05, 3.63) is 59.7 Å². The number of likely N-dealkylation sites (N-methyl/N-ethyl adjacent to an activating group) is 1. The highest BCUT2D eigenvalue weighted by Gasteiger charge is 2.32. The maximum Gasteiger partial charge on any atom is 0.244 e. The lowest BCUT2D eigenvalue weighted by molar-refractivity contribution is -0.140. The Morgan fingerprint density at radius 2 is 1.68 bits per heavy atom. The molecule has 0 fully saturated rings. The van der Waals surface area contributed by atoms with Gasteiger partial charge in [-0.3, -0.25) is 13.9 Å². The minimum atomic E-state index is -3.82. The van der Waals surface area contributed by atoms with Crippen molar-refractivity contribution < 1.29 is 22.7 Å². The molecule has 0 spiro atoms. The Balaban J connectivity index is 2.46. The highest BCUT2D eigenvalue weighted by Crippen LogP contribution is 2.30. The standard InChI is InChI=1S/C25H35N3O5S/c1-6-21(25(30)26-7-2)27(17-20-15-13-19(4)14-16-20)24(29)18-28(34(5,31)32)22-11-9-10-12-23(22)33-8-3/h9-16,21H,6-8,17-18H2,1-5H3,(H,26,30)/t21-/m0/s1. The van der Waals surface area contributed by atoms with Crippen LogP contribution in [0.1, 0.15) is 38.3 Å². The summed E-state index contributed by atoms with van der Waals surface area (Å²) in [7, 11) is -3.82. The summed E-state index contributed by atoms with van der Waals surface area (Å²) in [6.45, 7) is 7.91. The molecule has 0 heterocycles. The van der Waals surface area contributed by atoms with Crippen LogP contribution in [0.4, 0.5) is 5.69 Å². The van der Waals surface area contributed by atoms with Crippen LogP contribution in [0, 0.1) is 6.92 Å². The molecule has 0 saturated carbocycles. The second-order valence-electron chi connectivity index (χ2n) is 8.00. The normalized spacial score (nSPS) is 12.0. The van der Waals surface area contributed by atoms with Crippen molar-refractivity contribution in [3.8, 4) is 5.75 Å². The van der Waals surface area contributed by atoms with Crippen LogP contribution in [-0.4, -0.2) is 57.1 Å². The van der Waals surface area contributed by atoms with Crippen molar-refractivity contribution in [1.82, 2.24) is 10.2 Å². The Morgan fingerprint density at radius 1 is 1.03 bits per heavy atom. The van der Waals surface area contributed by atoms with Crippen LogP contribution in [0.15, 0.2) is 48.5 Å². The van der Waals surface area contributed by atoms with Crippen LogP contribution < -0.4 is 14.4 Å². The first-order valence-corrected chi connectivity index (χ1v) is 13.3. The van der Waals surface area contributed by atoms with Crippen LogP contribution >= 0.6 is 0 Å². The van der Waals surface area contributed by atoms with Gasteiger partial charge in [-0.1, -0.05) is 48.9 Å². The average molecular weight is 490 g/mol. The van der Waals surface area contributed by atoms with Crippen molar-refractivity contribution in [2.24, 2.45) is 0 Å². The highest BCUT2D eigenvalue weighted by molar-refractivity contribution is 7.92. The predicted molar refractivity (Wildman–Crippen MR) is 134 cm³/mol. The highest BCUT2D eigenvalue weighted by atomic mass is 32.2. The van der Waals surface area contributed by atoms with Gasteiger partial charge in [0.15, 0.2) is 0 Å². The lowest BCUT2D eigenvalue weighted by Gasteiger charge is -2.33. The molecule has 2 aromatic rings. The molecule has 0 aliphatic carbocycles. The van der Waals surface area contributed by atoms with E-state index < -0.39 is 28.5 Å². The Bertz CT molecular complexity index is 1070. The summed E-state index contributed by atoms with van der Waals surface area (Å²) in [5.41, 5.74) is 2.21. The van der Waals surface area contributed by atoms with Crippen molar-refractivity contribution in [3.63, 3.8) is 0 Å². The first-order valence-electron chi connectivity index (χ1n) is 11.4. The van der Waals surface area contributed by atoms with Gasteiger partial charge in [0.2, 0.25) is 21.8 Å². The number of hydrogen-bond donors (Lipinski definition) is 1. The van der Waals surface area contributed by atoms with Gasteiger partial charge >= 0.3 is 0 Å². The molecule has 2 rings (SSSR count). The van der Waals surface area contributed by atoms with E-state index in [9.17, 15) is 18.0 Å². The van der Waals surface area contributed by atoms with Gasteiger partial charge in [0.25, 0.3) is 0 Å². The SMILES string of the molecule is CCNC(=O)[C@H](CC)N(Cc1ccc(C)cc1)C(=O)CN(c1ccccc1OCC)S(C)(=O)=O. The number of benzene rings is 2. The van der Waals surface area contributed by atoms with Gasteiger partial charge < -0.3 is 15.0 Å². The second-order valence-corrected chi connectivity index (χ2v) is 9.90. The van der Waals surface area contributed by atoms with Gasteiger partial charge in [0.05, 0.1) is 18.6 Å². The van der Waals surface area contributed by atoms with Crippen LogP contribution in [-0.2, 0) is 26.2 Å². The zero-order valence-electron chi connectivity index (χ0n) is 20.6. The van der Waals surface area contributed by atoms with Gasteiger partial charge in [-0.25, -0.2) is 8.42 Å². The fourth-order valence-corrected chi connectivity index (χ4v) is 4.49. The molecule has 1 atom stereocenters. The van der Waals surface area contributed by atoms with Crippen molar-refractivity contribution in [2.45, 2.75) is 46.7 Å². The number of nitrogens with zero attached hydrogens (tertiary/aromatic N) is 2. The third-order valence-electron chi connectivity index (χ3n) is 5.32. The number of sulfonamides is 1. The Labute approximate surface area is 202 Å². The summed E-state index contributed by atoms with van der Waals surface area (Å²) in [4.78, 5) is 27.9. The van der Waals surface area contributed by atoms with Gasteiger partial charge in [0, 0.05) is 13.1 Å². The lowest BCUT2D eigenvalue weighted by Crippen LogP contribution is -2.52. The van der Waals surface area contributed by atoms with Gasteiger partial charge in [-0.05, 0) is 44.9 Å². The molecular formula is C25H35N3O5S. The molecule has 0 radical (unpaired) electrons. The molecule has 8 nitrogen and oxygen atoms in total. The van der Waals surface area contributed by atoms with Gasteiger partial charge in [0.1, 0.15) is 18.3 Å². The molecule has 2 aromatic carbocycles. The fraction of sp³-hybridized carbons (Fsp3) is 0.440. The van der Waals surface area contributed by atoms with E-state index in [2.05, 4.69) is 5.32 Å². The topological polar surface area (TPSA) is 96.0 Å². The third-order valence-corrected chi connectivity index (χ3v) is 6.45. The molecule has 0 unspecified atom stereocenters. The summed E-state index contributed by atoms with van der Waals surface area (Å²) in [6.07, 6.45) is 1.44. The Kier molecular flexibility index (Phi) is 9.92. The van der Waals surface area contributed by atoms with E-state index in [1.807, 2.05) is 45.0 Å². The fourth-order valence-electron chi connectivity index (χ4n) is 3.64. The van der Waals surface area contributed by atoms with E-state index in [0.29, 0.717) is 25.3 Å². The first kappa shape index (κ1) is 27.2. The third kappa shape index (κ3) is 7.21. The smallest absolute Gasteiger partial charge is 0.244 e. The van der Waals surface area contributed by atoms with Crippen LogP contribution in [0.3, 0.4) is 0 Å². The Morgan fingerprint density at radius 3 is 2.24 bits per heavy atom. The molecular weight excluding hydrogens is 454 g/mol. The van der Waals surface area contributed by atoms with Crippen LogP contribution in [0.2, 0.25) is 0 Å². The molecule has 0 saturated heterocycles. The summed E-state index contributed by atoms with van der Waals surface area (Å²) in [5.74, 6) is -0.384. The number of ether oxygens (including phenoxy) is 1. The van der Waals surface area contributed by atoms with Gasteiger partial charge in [-0.15, -0.1) is 0 Å². The first-order chi connectivity index (χ1) is 16.1. The summed E-state index contributed by atoms with van der Waals surface area (Å²) in [5, 5.41) is 2.78. The largest absolute Gasteiger partial charge is 0.492 e. The van der Waals surface area contributed by atoms with Crippen LogP contribution in [0.5, 0.6) is 5.75 Å². The predicted octanol–water partition coefficient (Wildman–Crippen LogP) is 3.10. The number of para-hydroxylation sites is 2. The molecule has 2 amide bonds. The van der Waals surface area contributed by atoms with Gasteiger partial charge in [-0.2, -0.15) is 0 Å². The van der Waals surface area contributed by atoms with E-state index in [-0.39, 0.29) is 18.1 Å². The van der Waals surface area contributed by atoms with Crippen molar-refractivity contribution in [2.75, 3.05) is 30.3 Å². The molecule has 0 aromatic heterocycles. The molecule has 0 bridgehead atoms. The lowest BCUT2D eigenvalue weighted by atomic mass is 10.1. The molecule has 9 heteroatoms. The number of rotatable bonds is 12. The molecule has 186 valence electrons. The summed E-state index contributed by atoms with van der Waals surface area (Å²) >= 11 is 0. The molecule has 34 heavy (non-hydrogen) atoms. The zero-order chi connectivity index (χ0) is 25.3. The quantitative estimate of drug-likeness (QED) is 0.494.